The third-order valence-corrected chi connectivity index (χ3v) is 4.87. The van der Waals surface area contributed by atoms with Crippen LogP contribution in [0, 0.1) is 5.92 Å². The van der Waals surface area contributed by atoms with Crippen LogP contribution in [0.1, 0.15) is 76.0 Å². The topological polar surface area (TPSA) is 59.2 Å². The highest BCUT2D eigenvalue weighted by Crippen LogP contribution is 2.40. The fourth-order valence-corrected chi connectivity index (χ4v) is 3.15. The molecular weight excluding hydrogens is 266 g/mol. The Kier molecular flexibility index (Phi) is 4.27. The van der Waals surface area contributed by atoms with Crippen molar-refractivity contribution in [3.8, 4) is 0 Å². The molecule has 5 nitrogen and oxygen atoms in total. The molecule has 1 saturated heterocycles. The number of hydrogen-bond acceptors (Lipinski definition) is 4. The molecule has 0 atom stereocenters. The zero-order chi connectivity index (χ0) is 14.8. The Morgan fingerprint density at radius 1 is 1.10 bits per heavy atom. The third-order valence-electron chi connectivity index (χ3n) is 4.87. The fourth-order valence-electron chi connectivity index (χ4n) is 3.15. The number of piperidine rings is 1. The molecule has 1 aliphatic heterocycles. The van der Waals surface area contributed by atoms with Gasteiger partial charge in [0.2, 0.25) is 17.7 Å². The Balaban J connectivity index is 1.55. The number of likely N-dealkylation sites (tertiary alicyclic amines) is 1. The van der Waals surface area contributed by atoms with E-state index in [0.717, 1.165) is 50.6 Å². The smallest absolute Gasteiger partial charge is 0.225 e. The standard InChI is InChI=1S/C16H25N3O2/c1-3-11(4-2)16(20)19-9-7-13(8-10-19)15-18-17-14(21-15)12-5-6-12/h11-13H,3-10H2,1-2H3. The summed E-state index contributed by atoms with van der Waals surface area (Å²) in [5.41, 5.74) is 0. The number of aromatic nitrogens is 2. The van der Waals surface area contributed by atoms with E-state index in [2.05, 4.69) is 24.0 Å². The molecule has 0 bridgehead atoms. The van der Waals surface area contributed by atoms with Crippen molar-refractivity contribution in [2.24, 2.45) is 5.92 Å². The molecular formula is C16H25N3O2. The van der Waals surface area contributed by atoms with Crippen molar-refractivity contribution in [2.75, 3.05) is 13.1 Å². The number of rotatable bonds is 5. The minimum atomic E-state index is 0.187. The second-order valence-electron chi connectivity index (χ2n) is 6.37. The zero-order valence-corrected chi connectivity index (χ0v) is 13.0. The summed E-state index contributed by atoms with van der Waals surface area (Å²) in [6.45, 7) is 5.83. The number of amides is 1. The number of carbonyl (C=O) groups is 1. The summed E-state index contributed by atoms with van der Waals surface area (Å²) < 4.78 is 5.81. The van der Waals surface area contributed by atoms with Gasteiger partial charge in [-0.15, -0.1) is 10.2 Å². The van der Waals surface area contributed by atoms with Crippen molar-refractivity contribution in [1.82, 2.24) is 15.1 Å². The lowest BCUT2D eigenvalue weighted by Crippen LogP contribution is -2.41. The van der Waals surface area contributed by atoms with Crippen LogP contribution in [0.3, 0.4) is 0 Å². The van der Waals surface area contributed by atoms with Gasteiger partial charge >= 0.3 is 0 Å². The molecule has 2 heterocycles. The summed E-state index contributed by atoms with van der Waals surface area (Å²) in [6, 6.07) is 0. The highest BCUT2D eigenvalue weighted by Gasteiger charge is 2.33. The van der Waals surface area contributed by atoms with Crippen LogP contribution in [0.5, 0.6) is 0 Å². The van der Waals surface area contributed by atoms with Gasteiger partial charge in [-0.2, -0.15) is 0 Å². The second kappa shape index (κ2) is 6.16. The van der Waals surface area contributed by atoms with Crippen molar-refractivity contribution in [3.63, 3.8) is 0 Å². The summed E-state index contributed by atoms with van der Waals surface area (Å²) in [6.07, 6.45) is 6.12. The van der Waals surface area contributed by atoms with E-state index >= 15 is 0 Å². The van der Waals surface area contributed by atoms with Crippen LogP contribution in [0.25, 0.3) is 0 Å². The van der Waals surface area contributed by atoms with E-state index in [1.165, 1.54) is 12.8 Å². The first-order valence-electron chi connectivity index (χ1n) is 8.35. The van der Waals surface area contributed by atoms with Gasteiger partial charge in [0.05, 0.1) is 0 Å². The van der Waals surface area contributed by atoms with E-state index < -0.39 is 0 Å². The van der Waals surface area contributed by atoms with Gasteiger partial charge in [-0.1, -0.05) is 13.8 Å². The average Bonchev–Trinajstić information content (AvgIpc) is 3.26. The minimum absolute atomic E-state index is 0.187. The van der Waals surface area contributed by atoms with Crippen molar-refractivity contribution >= 4 is 5.91 Å². The molecule has 0 radical (unpaired) electrons. The summed E-state index contributed by atoms with van der Waals surface area (Å²) in [4.78, 5) is 14.4. The Morgan fingerprint density at radius 2 is 1.62 bits per heavy atom. The van der Waals surface area contributed by atoms with E-state index in [-0.39, 0.29) is 5.92 Å². The van der Waals surface area contributed by atoms with E-state index in [4.69, 9.17) is 4.42 Å². The maximum Gasteiger partial charge on any atom is 0.225 e. The van der Waals surface area contributed by atoms with Gasteiger partial charge < -0.3 is 9.32 Å². The monoisotopic (exact) mass is 291 g/mol. The second-order valence-corrected chi connectivity index (χ2v) is 6.37. The van der Waals surface area contributed by atoms with Crippen molar-refractivity contribution in [3.05, 3.63) is 11.8 Å². The molecule has 2 aliphatic rings. The van der Waals surface area contributed by atoms with Crippen molar-refractivity contribution in [1.29, 1.82) is 0 Å². The minimum Gasteiger partial charge on any atom is -0.425 e. The molecule has 2 fully saturated rings. The molecule has 1 aromatic rings. The molecule has 21 heavy (non-hydrogen) atoms. The Hall–Kier alpha value is -1.39. The van der Waals surface area contributed by atoms with E-state index in [1.807, 2.05) is 4.90 Å². The highest BCUT2D eigenvalue weighted by molar-refractivity contribution is 5.78. The predicted molar refractivity (Wildman–Crippen MR) is 78.9 cm³/mol. The maximum atomic E-state index is 12.4. The summed E-state index contributed by atoms with van der Waals surface area (Å²) in [7, 11) is 0. The Labute approximate surface area is 126 Å². The summed E-state index contributed by atoms with van der Waals surface area (Å²) >= 11 is 0. The van der Waals surface area contributed by atoms with Gasteiger partial charge in [-0.3, -0.25) is 4.79 Å². The molecule has 5 heteroatoms. The zero-order valence-electron chi connectivity index (χ0n) is 13.0. The van der Waals surface area contributed by atoms with Gasteiger partial charge in [0.25, 0.3) is 0 Å². The Morgan fingerprint density at radius 3 is 2.10 bits per heavy atom. The van der Waals surface area contributed by atoms with Crippen molar-refractivity contribution < 1.29 is 9.21 Å². The Bertz CT molecular complexity index is 483. The van der Waals surface area contributed by atoms with Crippen molar-refractivity contribution in [2.45, 2.75) is 64.2 Å². The van der Waals surface area contributed by atoms with Crippen LogP contribution in [-0.4, -0.2) is 34.1 Å². The van der Waals surface area contributed by atoms with E-state index in [0.29, 0.717) is 17.7 Å². The van der Waals surface area contributed by atoms with Crippen LogP contribution < -0.4 is 0 Å². The molecule has 1 saturated carbocycles. The number of hydrogen-bond donors (Lipinski definition) is 0. The number of carbonyl (C=O) groups excluding carboxylic acids is 1. The summed E-state index contributed by atoms with van der Waals surface area (Å²) in [5, 5.41) is 8.38. The lowest BCUT2D eigenvalue weighted by atomic mass is 9.94. The van der Waals surface area contributed by atoms with Crippen LogP contribution >= 0.6 is 0 Å². The van der Waals surface area contributed by atoms with Gasteiger partial charge in [0, 0.05) is 30.8 Å². The van der Waals surface area contributed by atoms with Gasteiger partial charge in [-0.25, -0.2) is 0 Å². The van der Waals surface area contributed by atoms with Gasteiger partial charge in [0.1, 0.15) is 0 Å². The molecule has 0 unspecified atom stereocenters. The molecule has 1 amide bonds. The maximum absolute atomic E-state index is 12.4. The molecule has 116 valence electrons. The van der Waals surface area contributed by atoms with E-state index in [9.17, 15) is 4.79 Å². The first-order valence-corrected chi connectivity index (χ1v) is 8.35. The SMILES string of the molecule is CCC(CC)C(=O)N1CCC(c2nnc(C3CC3)o2)CC1. The lowest BCUT2D eigenvalue weighted by molar-refractivity contribution is -0.136. The fraction of sp³-hybridized carbons (Fsp3) is 0.812. The molecule has 3 rings (SSSR count). The molecule has 0 N–H and O–H groups in total. The molecule has 1 aromatic heterocycles. The predicted octanol–water partition coefficient (Wildman–Crippen LogP) is 3.09. The van der Waals surface area contributed by atoms with E-state index in [1.54, 1.807) is 0 Å². The third kappa shape index (κ3) is 3.11. The van der Waals surface area contributed by atoms with Crippen LogP contribution in [0.15, 0.2) is 4.42 Å². The number of nitrogens with zero attached hydrogens (tertiary/aromatic N) is 3. The average molecular weight is 291 g/mol. The quantitative estimate of drug-likeness (QED) is 0.836. The molecule has 1 aliphatic carbocycles. The van der Waals surface area contributed by atoms with Crippen LogP contribution in [0.4, 0.5) is 0 Å². The van der Waals surface area contributed by atoms with Gasteiger partial charge in [0.15, 0.2) is 0 Å². The van der Waals surface area contributed by atoms with Crippen LogP contribution in [-0.2, 0) is 4.79 Å². The normalized spacial score (nSPS) is 20.2. The molecule has 0 spiro atoms. The molecule has 0 aromatic carbocycles. The highest BCUT2D eigenvalue weighted by atomic mass is 16.4. The first kappa shape index (κ1) is 14.5. The largest absolute Gasteiger partial charge is 0.425 e. The lowest BCUT2D eigenvalue weighted by Gasteiger charge is -2.32. The van der Waals surface area contributed by atoms with Gasteiger partial charge in [-0.05, 0) is 38.5 Å². The van der Waals surface area contributed by atoms with Crippen LogP contribution in [0.2, 0.25) is 0 Å². The summed E-state index contributed by atoms with van der Waals surface area (Å²) in [5.74, 6) is 2.96. The first-order chi connectivity index (χ1) is 10.2.